The average molecular weight is 249 g/mol. The van der Waals surface area contributed by atoms with E-state index >= 15 is 0 Å². The van der Waals surface area contributed by atoms with Crippen LogP contribution in [0.4, 0.5) is 0 Å². The van der Waals surface area contributed by atoms with Crippen molar-refractivity contribution < 1.29 is 5.11 Å². The predicted octanol–water partition coefficient (Wildman–Crippen LogP) is 3.15. The topological polar surface area (TPSA) is 32.3 Å². The molecular formula is C16H27NO. The van der Waals surface area contributed by atoms with Crippen LogP contribution in [0.1, 0.15) is 45.1 Å². The molecule has 0 aliphatic carbocycles. The fourth-order valence-electron chi connectivity index (χ4n) is 2.10. The van der Waals surface area contributed by atoms with Gasteiger partial charge in [0.05, 0.1) is 6.10 Å². The second-order valence-corrected chi connectivity index (χ2v) is 5.15. The third-order valence-corrected chi connectivity index (χ3v) is 3.26. The van der Waals surface area contributed by atoms with Crippen molar-refractivity contribution in [1.29, 1.82) is 0 Å². The highest BCUT2D eigenvalue weighted by atomic mass is 16.3. The minimum absolute atomic E-state index is 0.291. The van der Waals surface area contributed by atoms with Crippen LogP contribution >= 0.6 is 0 Å². The summed E-state index contributed by atoms with van der Waals surface area (Å²) < 4.78 is 0. The first-order valence-corrected chi connectivity index (χ1v) is 7.17. The smallest absolute Gasteiger partial charge is 0.0704 e. The van der Waals surface area contributed by atoms with Crippen LogP contribution in [0.2, 0.25) is 0 Å². The highest BCUT2D eigenvalue weighted by Gasteiger charge is 2.07. The van der Waals surface area contributed by atoms with Gasteiger partial charge in [-0.05, 0) is 25.3 Å². The summed E-state index contributed by atoms with van der Waals surface area (Å²) in [6.07, 6.45) is 5.49. The molecule has 0 spiro atoms. The van der Waals surface area contributed by atoms with Crippen molar-refractivity contribution in [3.63, 3.8) is 0 Å². The Morgan fingerprint density at radius 2 is 1.89 bits per heavy atom. The molecule has 0 amide bonds. The lowest BCUT2D eigenvalue weighted by Gasteiger charge is -2.17. The van der Waals surface area contributed by atoms with Crippen molar-refractivity contribution in [2.45, 2.75) is 58.1 Å². The van der Waals surface area contributed by atoms with Crippen LogP contribution in [0.3, 0.4) is 0 Å². The molecule has 0 saturated heterocycles. The third kappa shape index (κ3) is 6.77. The Kier molecular flexibility index (Phi) is 7.70. The molecule has 0 aromatic heterocycles. The lowest BCUT2D eigenvalue weighted by Crippen LogP contribution is -2.34. The lowest BCUT2D eigenvalue weighted by molar-refractivity contribution is 0.167. The molecule has 2 nitrogen and oxygen atoms in total. The Balaban J connectivity index is 2.14. The molecule has 0 saturated carbocycles. The van der Waals surface area contributed by atoms with E-state index in [0.29, 0.717) is 12.6 Å². The van der Waals surface area contributed by atoms with E-state index in [4.69, 9.17) is 0 Å². The fraction of sp³-hybridized carbons (Fsp3) is 0.625. The Labute approximate surface area is 111 Å². The number of aliphatic hydroxyl groups excluding tert-OH is 1. The molecule has 0 unspecified atom stereocenters. The van der Waals surface area contributed by atoms with Crippen LogP contribution in [0.25, 0.3) is 0 Å². The SMILES string of the molecule is CCCCC[C@H](C)NC[C@@H](O)Cc1ccccc1. The number of aliphatic hydroxyl groups is 1. The van der Waals surface area contributed by atoms with E-state index in [1.54, 1.807) is 0 Å². The molecule has 0 bridgehead atoms. The molecule has 0 fully saturated rings. The molecule has 0 radical (unpaired) electrons. The molecule has 2 N–H and O–H groups in total. The zero-order valence-electron chi connectivity index (χ0n) is 11.7. The van der Waals surface area contributed by atoms with Crippen LogP contribution in [0.5, 0.6) is 0 Å². The van der Waals surface area contributed by atoms with E-state index in [1.165, 1.54) is 31.2 Å². The summed E-state index contributed by atoms with van der Waals surface area (Å²) in [5.41, 5.74) is 1.20. The highest BCUT2D eigenvalue weighted by molar-refractivity contribution is 5.15. The number of unbranched alkanes of at least 4 members (excludes halogenated alkanes) is 2. The summed E-state index contributed by atoms with van der Waals surface area (Å²) in [6.45, 7) is 5.11. The molecular weight excluding hydrogens is 222 g/mol. The molecule has 102 valence electrons. The van der Waals surface area contributed by atoms with Crippen molar-refractivity contribution in [3.05, 3.63) is 35.9 Å². The lowest BCUT2D eigenvalue weighted by atomic mass is 10.1. The van der Waals surface area contributed by atoms with Crippen LogP contribution < -0.4 is 5.32 Å². The predicted molar refractivity (Wildman–Crippen MR) is 77.8 cm³/mol. The van der Waals surface area contributed by atoms with Gasteiger partial charge in [0.2, 0.25) is 0 Å². The summed E-state index contributed by atoms with van der Waals surface area (Å²) in [6, 6.07) is 10.7. The van der Waals surface area contributed by atoms with Gasteiger partial charge in [-0.2, -0.15) is 0 Å². The minimum Gasteiger partial charge on any atom is -0.391 e. The van der Waals surface area contributed by atoms with E-state index in [0.717, 1.165) is 6.42 Å². The maximum atomic E-state index is 9.96. The van der Waals surface area contributed by atoms with E-state index in [2.05, 4.69) is 31.3 Å². The molecule has 0 aliphatic heterocycles. The molecule has 2 heteroatoms. The number of nitrogens with one attached hydrogen (secondary N) is 1. The van der Waals surface area contributed by atoms with Crippen molar-refractivity contribution >= 4 is 0 Å². The van der Waals surface area contributed by atoms with E-state index in [9.17, 15) is 5.11 Å². The largest absolute Gasteiger partial charge is 0.391 e. The van der Waals surface area contributed by atoms with Crippen LogP contribution in [-0.2, 0) is 6.42 Å². The number of rotatable bonds is 9. The molecule has 2 atom stereocenters. The quantitative estimate of drug-likeness (QED) is 0.659. The summed E-state index contributed by atoms with van der Waals surface area (Å²) in [5, 5.41) is 13.4. The third-order valence-electron chi connectivity index (χ3n) is 3.26. The van der Waals surface area contributed by atoms with Gasteiger partial charge in [-0.25, -0.2) is 0 Å². The molecule has 18 heavy (non-hydrogen) atoms. The summed E-state index contributed by atoms with van der Waals surface area (Å²) in [5.74, 6) is 0. The zero-order valence-corrected chi connectivity index (χ0v) is 11.7. The van der Waals surface area contributed by atoms with Crippen molar-refractivity contribution in [3.8, 4) is 0 Å². The second kappa shape index (κ2) is 9.12. The van der Waals surface area contributed by atoms with E-state index in [-0.39, 0.29) is 6.10 Å². The van der Waals surface area contributed by atoms with Gasteiger partial charge in [-0.3, -0.25) is 0 Å². The second-order valence-electron chi connectivity index (χ2n) is 5.15. The fourth-order valence-corrected chi connectivity index (χ4v) is 2.10. The van der Waals surface area contributed by atoms with Crippen molar-refractivity contribution in [1.82, 2.24) is 5.32 Å². The first-order chi connectivity index (χ1) is 8.72. The highest BCUT2D eigenvalue weighted by Crippen LogP contribution is 2.05. The molecule has 1 aromatic carbocycles. The Morgan fingerprint density at radius 1 is 1.17 bits per heavy atom. The molecule has 0 heterocycles. The van der Waals surface area contributed by atoms with Gasteiger partial charge in [0, 0.05) is 12.6 Å². The van der Waals surface area contributed by atoms with Gasteiger partial charge >= 0.3 is 0 Å². The van der Waals surface area contributed by atoms with Gasteiger partial charge < -0.3 is 10.4 Å². The van der Waals surface area contributed by atoms with E-state index in [1.807, 2.05) is 18.2 Å². The van der Waals surface area contributed by atoms with Gasteiger partial charge in [0.15, 0.2) is 0 Å². The van der Waals surface area contributed by atoms with E-state index < -0.39 is 0 Å². The van der Waals surface area contributed by atoms with Crippen molar-refractivity contribution in [2.75, 3.05) is 6.54 Å². The van der Waals surface area contributed by atoms with Crippen LogP contribution in [-0.4, -0.2) is 23.8 Å². The van der Waals surface area contributed by atoms with Gasteiger partial charge in [0.25, 0.3) is 0 Å². The monoisotopic (exact) mass is 249 g/mol. The molecule has 1 rings (SSSR count). The molecule has 1 aromatic rings. The standard InChI is InChI=1S/C16H27NO/c1-3-4-6-9-14(2)17-13-16(18)12-15-10-7-5-8-11-15/h5,7-8,10-11,14,16-18H,3-4,6,9,12-13H2,1-2H3/t14-,16-/m0/s1. The maximum Gasteiger partial charge on any atom is 0.0704 e. The van der Waals surface area contributed by atoms with Crippen LogP contribution in [0.15, 0.2) is 30.3 Å². The van der Waals surface area contributed by atoms with Gasteiger partial charge in [-0.15, -0.1) is 0 Å². The number of benzene rings is 1. The molecule has 0 aliphatic rings. The summed E-state index contributed by atoms with van der Waals surface area (Å²) in [7, 11) is 0. The average Bonchev–Trinajstić information content (AvgIpc) is 2.38. The Morgan fingerprint density at radius 3 is 2.56 bits per heavy atom. The Bertz CT molecular complexity index is 299. The van der Waals surface area contributed by atoms with Crippen molar-refractivity contribution in [2.24, 2.45) is 0 Å². The number of hydrogen-bond acceptors (Lipinski definition) is 2. The summed E-state index contributed by atoms with van der Waals surface area (Å²) >= 11 is 0. The van der Waals surface area contributed by atoms with Gasteiger partial charge in [-0.1, -0.05) is 56.5 Å². The first-order valence-electron chi connectivity index (χ1n) is 7.17. The van der Waals surface area contributed by atoms with Gasteiger partial charge in [0.1, 0.15) is 0 Å². The summed E-state index contributed by atoms with van der Waals surface area (Å²) in [4.78, 5) is 0. The van der Waals surface area contributed by atoms with Crippen LogP contribution in [0, 0.1) is 0 Å². The maximum absolute atomic E-state index is 9.96. The normalized spacial score (nSPS) is 14.4. The zero-order chi connectivity index (χ0) is 13.2. The minimum atomic E-state index is -0.291. The number of hydrogen-bond donors (Lipinski definition) is 2. The first kappa shape index (κ1) is 15.2. The Hall–Kier alpha value is -0.860.